The number of ketones is 2. The number of nitrogens with zero attached hydrogens (tertiary/aromatic N) is 1. The molecule has 12 heteroatoms. The Morgan fingerprint density at radius 3 is 1.70 bits per heavy atom. The number of carbonyl (C=O) groups excluding carboxylic acids is 6. The van der Waals surface area contributed by atoms with Crippen LogP contribution in [0.4, 0.5) is 0 Å². The lowest BCUT2D eigenvalue weighted by atomic mass is 10.0. The van der Waals surface area contributed by atoms with Gasteiger partial charge in [-0.05, 0) is 86.7 Å². The van der Waals surface area contributed by atoms with Gasteiger partial charge in [-0.2, -0.15) is 0 Å². The maximum atomic E-state index is 13.5. The zero-order valence-electron chi connectivity index (χ0n) is 26.0. The number of rotatable bonds is 12. The van der Waals surface area contributed by atoms with E-state index in [9.17, 15) is 37.2 Å². The molecule has 0 radical (unpaired) electrons. The van der Waals surface area contributed by atoms with Crippen LogP contribution < -0.4 is 0 Å². The summed E-state index contributed by atoms with van der Waals surface area (Å²) in [4.78, 5) is 78.6. The number of ether oxygens (including phenoxy) is 2. The van der Waals surface area contributed by atoms with Crippen LogP contribution in [0.3, 0.4) is 0 Å². The number of sulfone groups is 1. The van der Waals surface area contributed by atoms with Gasteiger partial charge >= 0.3 is 11.9 Å². The van der Waals surface area contributed by atoms with Gasteiger partial charge < -0.3 is 9.47 Å². The molecule has 3 aromatic carbocycles. The van der Waals surface area contributed by atoms with Crippen molar-refractivity contribution in [1.82, 2.24) is 4.90 Å². The number of fused-ring (bicyclic) bond motifs is 1. The van der Waals surface area contributed by atoms with Crippen molar-refractivity contribution < 1.29 is 46.7 Å². The van der Waals surface area contributed by atoms with Crippen molar-refractivity contribution in [3.63, 3.8) is 0 Å². The van der Waals surface area contributed by atoms with E-state index in [1.54, 1.807) is 36.4 Å². The number of hydrogen-bond acceptors (Lipinski definition) is 10. The van der Waals surface area contributed by atoms with Crippen molar-refractivity contribution in [3.05, 3.63) is 105 Å². The van der Waals surface area contributed by atoms with Crippen molar-refractivity contribution >= 4 is 45.2 Å². The van der Waals surface area contributed by atoms with Gasteiger partial charge in [-0.15, -0.1) is 0 Å². The highest BCUT2D eigenvalue weighted by molar-refractivity contribution is 7.90. The predicted molar refractivity (Wildman–Crippen MR) is 167 cm³/mol. The van der Waals surface area contributed by atoms with Crippen LogP contribution in [0.2, 0.25) is 0 Å². The molecule has 0 N–H and O–H groups in total. The number of carbonyl (C=O) groups is 6. The lowest BCUT2D eigenvalue weighted by molar-refractivity contribution is -0.147. The molecule has 1 aliphatic heterocycles. The summed E-state index contributed by atoms with van der Waals surface area (Å²) in [5, 5.41) is 0. The number of aryl methyl sites for hydroxylation is 4. The Morgan fingerprint density at radius 1 is 0.674 bits per heavy atom. The van der Waals surface area contributed by atoms with Gasteiger partial charge in [0.25, 0.3) is 11.8 Å². The molecule has 11 nitrogen and oxygen atoms in total. The molecule has 0 saturated carbocycles. The van der Waals surface area contributed by atoms with E-state index >= 15 is 0 Å². The van der Waals surface area contributed by atoms with E-state index in [1.807, 2.05) is 27.7 Å². The summed E-state index contributed by atoms with van der Waals surface area (Å²) >= 11 is 0. The minimum atomic E-state index is -3.64. The molecule has 1 aliphatic rings. The number of hydrogen-bond donors (Lipinski definition) is 0. The minimum absolute atomic E-state index is 0.121. The van der Waals surface area contributed by atoms with E-state index in [1.165, 1.54) is 12.1 Å². The molecule has 0 fully saturated rings. The number of Topliss-reactive ketones (excluding diaryl/α,β-unsaturated/α-hetero) is 2. The SMILES string of the molecule is Cc1ccc(C(=O)COC(=O)c2ccc3c(c2)C(=O)N([C@H](CCS(C)(=O)=O)C(=O)OCC(=O)c2ccc(C)c(C)c2)C3=O)cc1C. The van der Waals surface area contributed by atoms with Crippen molar-refractivity contribution in [1.29, 1.82) is 0 Å². The number of esters is 2. The molecule has 0 unspecified atom stereocenters. The molecule has 0 spiro atoms. The average molecular weight is 648 g/mol. The van der Waals surface area contributed by atoms with Gasteiger partial charge in [-0.25, -0.2) is 18.0 Å². The Balaban J connectivity index is 1.50. The third-order valence-electron chi connectivity index (χ3n) is 7.84. The fraction of sp³-hybridized carbons (Fsp3) is 0.294. The molecule has 0 saturated heterocycles. The molecule has 3 aromatic rings. The number of amides is 2. The second-order valence-corrected chi connectivity index (χ2v) is 13.6. The van der Waals surface area contributed by atoms with Crippen LogP contribution >= 0.6 is 0 Å². The Kier molecular flexibility index (Phi) is 10.0. The van der Waals surface area contributed by atoms with Crippen LogP contribution in [0.25, 0.3) is 0 Å². The quantitative estimate of drug-likeness (QED) is 0.161. The first-order valence-electron chi connectivity index (χ1n) is 14.3. The smallest absolute Gasteiger partial charge is 0.338 e. The van der Waals surface area contributed by atoms with Gasteiger partial charge in [0.05, 0.1) is 22.4 Å². The standard InChI is InChI=1S/C34H33NO10S/c1-19-6-8-23(14-21(19)3)29(36)17-44-33(40)25-10-11-26-27(16-25)32(39)35(31(26)38)28(12-13-46(5,42)43)34(41)45-18-30(37)24-9-7-20(2)22(4)15-24/h6-11,14-16,28H,12-13,17-18H2,1-5H3/t28-/m1/s1. The minimum Gasteiger partial charge on any atom is -0.456 e. The summed E-state index contributed by atoms with van der Waals surface area (Å²) in [5.41, 5.74) is 3.90. The fourth-order valence-corrected chi connectivity index (χ4v) is 5.44. The molecule has 0 aliphatic carbocycles. The lowest BCUT2D eigenvalue weighted by Gasteiger charge is -2.24. The summed E-state index contributed by atoms with van der Waals surface area (Å²) in [7, 11) is -3.64. The van der Waals surface area contributed by atoms with Crippen molar-refractivity contribution in [2.45, 2.75) is 40.2 Å². The van der Waals surface area contributed by atoms with Crippen LogP contribution in [0.5, 0.6) is 0 Å². The highest BCUT2D eigenvalue weighted by Gasteiger charge is 2.44. The largest absolute Gasteiger partial charge is 0.456 e. The molecule has 0 bridgehead atoms. The normalized spacial score (nSPS) is 13.3. The summed E-state index contributed by atoms with van der Waals surface area (Å²) in [6.07, 6.45) is 0.458. The second-order valence-electron chi connectivity index (χ2n) is 11.3. The van der Waals surface area contributed by atoms with Crippen LogP contribution in [-0.4, -0.2) is 79.9 Å². The molecular weight excluding hydrogens is 614 g/mol. The fourth-order valence-electron chi connectivity index (χ4n) is 4.79. The van der Waals surface area contributed by atoms with Crippen LogP contribution in [0, 0.1) is 27.7 Å². The topological polar surface area (TPSA) is 158 Å². The van der Waals surface area contributed by atoms with E-state index in [0.717, 1.165) is 34.6 Å². The van der Waals surface area contributed by atoms with E-state index in [4.69, 9.17) is 9.47 Å². The third kappa shape index (κ3) is 7.63. The van der Waals surface area contributed by atoms with Gasteiger partial charge in [-0.3, -0.25) is 24.1 Å². The zero-order valence-corrected chi connectivity index (χ0v) is 26.9. The molecule has 1 heterocycles. The monoisotopic (exact) mass is 647 g/mol. The zero-order chi connectivity index (χ0) is 33.9. The maximum Gasteiger partial charge on any atom is 0.338 e. The van der Waals surface area contributed by atoms with Crippen molar-refractivity contribution in [2.24, 2.45) is 0 Å². The van der Waals surface area contributed by atoms with E-state index in [2.05, 4.69) is 0 Å². The van der Waals surface area contributed by atoms with Gasteiger partial charge in [0.15, 0.2) is 24.8 Å². The van der Waals surface area contributed by atoms with Gasteiger partial charge in [-0.1, -0.05) is 24.3 Å². The summed E-state index contributed by atoms with van der Waals surface area (Å²) < 4.78 is 34.2. The molecule has 1 atom stereocenters. The molecule has 2 amide bonds. The first-order chi connectivity index (χ1) is 21.6. The summed E-state index contributed by atoms with van der Waals surface area (Å²) in [6, 6.07) is 11.9. The maximum absolute atomic E-state index is 13.5. The van der Waals surface area contributed by atoms with Crippen molar-refractivity contribution in [2.75, 3.05) is 25.2 Å². The third-order valence-corrected chi connectivity index (χ3v) is 8.81. The molecule has 4 rings (SSSR count). The molecule has 0 aromatic heterocycles. The van der Waals surface area contributed by atoms with E-state index in [-0.39, 0.29) is 16.7 Å². The Morgan fingerprint density at radius 2 is 1.17 bits per heavy atom. The Hall–Kier alpha value is -4.97. The first-order valence-corrected chi connectivity index (χ1v) is 16.4. The van der Waals surface area contributed by atoms with Gasteiger partial charge in [0.1, 0.15) is 15.9 Å². The van der Waals surface area contributed by atoms with Crippen molar-refractivity contribution in [3.8, 4) is 0 Å². The second kappa shape index (κ2) is 13.6. The van der Waals surface area contributed by atoms with E-state index < -0.39 is 76.6 Å². The predicted octanol–water partition coefficient (Wildman–Crippen LogP) is 3.79. The summed E-state index contributed by atoms with van der Waals surface area (Å²) in [5.74, 6) is -5.44. The van der Waals surface area contributed by atoms with Gasteiger partial charge in [0, 0.05) is 17.4 Å². The Bertz CT molecular complexity index is 1890. The highest BCUT2D eigenvalue weighted by Crippen LogP contribution is 2.28. The molecule has 46 heavy (non-hydrogen) atoms. The van der Waals surface area contributed by atoms with Gasteiger partial charge in [0.2, 0.25) is 0 Å². The first kappa shape index (κ1) is 33.9. The number of imide groups is 1. The van der Waals surface area contributed by atoms with Crippen LogP contribution in [-0.2, 0) is 24.1 Å². The van der Waals surface area contributed by atoms with Crippen LogP contribution in [0.15, 0.2) is 54.6 Å². The lowest BCUT2D eigenvalue weighted by Crippen LogP contribution is -2.46. The summed E-state index contributed by atoms with van der Waals surface area (Å²) in [6.45, 7) is 6.18. The Labute approximate surface area is 266 Å². The molecule has 240 valence electrons. The van der Waals surface area contributed by atoms with E-state index in [0.29, 0.717) is 16.0 Å². The molecular formula is C34H33NO10S. The highest BCUT2D eigenvalue weighted by atomic mass is 32.2. The average Bonchev–Trinajstić information content (AvgIpc) is 3.25. The number of benzene rings is 3. The van der Waals surface area contributed by atoms with Crippen LogP contribution in [0.1, 0.15) is 80.5 Å².